The predicted octanol–water partition coefficient (Wildman–Crippen LogP) is 3.03. The van der Waals surface area contributed by atoms with Gasteiger partial charge in [-0.05, 0) is 63.3 Å². The highest BCUT2D eigenvalue weighted by atomic mass is 16.3. The number of rotatable bonds is 5. The number of aliphatic hydroxyl groups is 1. The summed E-state index contributed by atoms with van der Waals surface area (Å²) in [6.45, 7) is 7.86. The van der Waals surface area contributed by atoms with Crippen LogP contribution >= 0.6 is 0 Å². The Kier molecular flexibility index (Phi) is 5.80. The number of hydrogen-bond acceptors (Lipinski definition) is 3. The molecule has 3 atom stereocenters. The monoisotopic (exact) mass is 308 g/mol. The van der Waals surface area contributed by atoms with Gasteiger partial charge in [-0.15, -0.1) is 0 Å². The van der Waals surface area contributed by atoms with Gasteiger partial charge in [0.25, 0.3) is 0 Å². The molecule has 0 aromatic carbocycles. The smallest absolute Gasteiger partial charge is 0.0553 e. The van der Waals surface area contributed by atoms with Crippen molar-refractivity contribution in [2.45, 2.75) is 83.4 Å². The molecule has 0 spiro atoms. The molecular formula is C19H36N2O. The fourth-order valence-electron chi connectivity index (χ4n) is 4.85. The van der Waals surface area contributed by atoms with E-state index in [9.17, 15) is 5.11 Å². The van der Waals surface area contributed by atoms with Gasteiger partial charge in [-0.3, -0.25) is 4.90 Å². The van der Waals surface area contributed by atoms with Gasteiger partial charge in [0.15, 0.2) is 0 Å². The maximum atomic E-state index is 10.1. The number of nitrogens with one attached hydrogen (secondary N) is 1. The van der Waals surface area contributed by atoms with Crippen LogP contribution in [-0.4, -0.2) is 47.8 Å². The normalized spacial score (nSPS) is 39.4. The predicted molar refractivity (Wildman–Crippen MR) is 91.9 cm³/mol. The Morgan fingerprint density at radius 3 is 2.45 bits per heavy atom. The maximum absolute atomic E-state index is 10.1. The van der Waals surface area contributed by atoms with Crippen LogP contribution in [-0.2, 0) is 0 Å². The van der Waals surface area contributed by atoms with Gasteiger partial charge in [0.05, 0.1) is 6.10 Å². The van der Waals surface area contributed by atoms with Crippen molar-refractivity contribution < 1.29 is 5.11 Å². The third kappa shape index (κ3) is 4.24. The van der Waals surface area contributed by atoms with Gasteiger partial charge in [-0.1, -0.05) is 26.2 Å². The number of hydrogen-bond donors (Lipinski definition) is 2. The minimum Gasteiger partial charge on any atom is -0.393 e. The Morgan fingerprint density at radius 2 is 1.82 bits per heavy atom. The van der Waals surface area contributed by atoms with Crippen molar-refractivity contribution in [3.8, 4) is 0 Å². The summed E-state index contributed by atoms with van der Waals surface area (Å²) < 4.78 is 0. The molecule has 3 rings (SSSR count). The number of piperidine rings is 1. The first kappa shape index (κ1) is 16.7. The lowest BCUT2D eigenvalue weighted by atomic mass is 9.78. The Balaban J connectivity index is 1.50. The van der Waals surface area contributed by atoms with Crippen LogP contribution in [0.3, 0.4) is 0 Å². The van der Waals surface area contributed by atoms with Gasteiger partial charge in [-0.25, -0.2) is 0 Å². The Hall–Kier alpha value is -0.120. The first-order valence-electron chi connectivity index (χ1n) is 9.77. The van der Waals surface area contributed by atoms with Gasteiger partial charge in [0.1, 0.15) is 0 Å². The molecule has 3 heteroatoms. The van der Waals surface area contributed by atoms with E-state index in [0.717, 1.165) is 30.8 Å². The van der Waals surface area contributed by atoms with Crippen LogP contribution in [0.15, 0.2) is 0 Å². The van der Waals surface area contributed by atoms with Crippen LogP contribution in [0.5, 0.6) is 0 Å². The summed E-state index contributed by atoms with van der Waals surface area (Å²) >= 11 is 0. The fraction of sp³-hybridized carbons (Fsp3) is 1.00. The lowest BCUT2D eigenvalue weighted by Crippen LogP contribution is -2.57. The third-order valence-corrected chi connectivity index (χ3v) is 6.48. The summed E-state index contributed by atoms with van der Waals surface area (Å²) in [4.78, 5) is 2.68. The van der Waals surface area contributed by atoms with E-state index in [1.807, 2.05) is 6.92 Å². The Bertz CT molecular complexity index is 334. The zero-order valence-corrected chi connectivity index (χ0v) is 14.6. The molecule has 2 aliphatic carbocycles. The second-order valence-electron chi connectivity index (χ2n) is 8.53. The van der Waals surface area contributed by atoms with E-state index in [0.29, 0.717) is 12.0 Å². The molecule has 0 amide bonds. The molecule has 0 aromatic rings. The Morgan fingerprint density at radius 1 is 1.09 bits per heavy atom. The summed E-state index contributed by atoms with van der Waals surface area (Å²) in [6, 6.07) is 1.38. The summed E-state index contributed by atoms with van der Waals surface area (Å²) in [5, 5.41) is 14.0. The zero-order chi connectivity index (χ0) is 15.5. The molecule has 0 bridgehead atoms. The second-order valence-corrected chi connectivity index (χ2v) is 8.53. The molecule has 1 heterocycles. The van der Waals surface area contributed by atoms with Crippen molar-refractivity contribution in [1.82, 2.24) is 10.2 Å². The van der Waals surface area contributed by atoms with E-state index in [4.69, 9.17) is 0 Å². The van der Waals surface area contributed by atoms with Crippen molar-refractivity contribution >= 4 is 0 Å². The quantitative estimate of drug-likeness (QED) is 0.819. The molecule has 1 aliphatic heterocycles. The summed E-state index contributed by atoms with van der Waals surface area (Å²) in [5.41, 5.74) is 0. The fourth-order valence-corrected chi connectivity index (χ4v) is 4.85. The van der Waals surface area contributed by atoms with Crippen LogP contribution in [0.2, 0.25) is 0 Å². The summed E-state index contributed by atoms with van der Waals surface area (Å²) in [7, 11) is 0. The van der Waals surface area contributed by atoms with Crippen LogP contribution in [0, 0.1) is 17.8 Å². The van der Waals surface area contributed by atoms with Gasteiger partial charge < -0.3 is 10.4 Å². The first-order valence-corrected chi connectivity index (χ1v) is 9.77. The molecule has 0 radical (unpaired) electrons. The van der Waals surface area contributed by atoms with Crippen LogP contribution in [0.1, 0.15) is 65.2 Å². The minimum absolute atomic E-state index is 0.167. The van der Waals surface area contributed by atoms with E-state index in [1.165, 1.54) is 58.0 Å². The molecule has 2 N–H and O–H groups in total. The molecule has 3 unspecified atom stereocenters. The minimum atomic E-state index is -0.167. The van der Waals surface area contributed by atoms with Gasteiger partial charge in [-0.2, -0.15) is 0 Å². The van der Waals surface area contributed by atoms with Crippen molar-refractivity contribution in [3.63, 3.8) is 0 Å². The lowest BCUT2D eigenvalue weighted by Gasteiger charge is -2.48. The van der Waals surface area contributed by atoms with E-state index >= 15 is 0 Å². The lowest BCUT2D eigenvalue weighted by molar-refractivity contribution is -0.00355. The number of aliphatic hydroxyl groups excluding tert-OH is 1. The van der Waals surface area contributed by atoms with E-state index < -0.39 is 0 Å². The standard InChI is InChI=1S/C19H36N2O/c1-14-8-19(9-14)21-12-17(15(2)22)10-18(13-21)20-11-16-6-4-3-5-7-16/h14-20,22H,3-13H2,1-2H3. The molecule has 128 valence electrons. The topological polar surface area (TPSA) is 35.5 Å². The summed E-state index contributed by atoms with van der Waals surface area (Å²) in [6.07, 6.45) is 10.9. The highest BCUT2D eigenvalue weighted by molar-refractivity contribution is 4.93. The van der Waals surface area contributed by atoms with Crippen LogP contribution in [0.25, 0.3) is 0 Å². The molecule has 2 saturated carbocycles. The molecular weight excluding hydrogens is 272 g/mol. The molecule has 1 saturated heterocycles. The van der Waals surface area contributed by atoms with Crippen LogP contribution in [0.4, 0.5) is 0 Å². The van der Waals surface area contributed by atoms with Gasteiger partial charge >= 0.3 is 0 Å². The first-order chi connectivity index (χ1) is 10.6. The van der Waals surface area contributed by atoms with E-state index in [2.05, 4.69) is 17.1 Å². The van der Waals surface area contributed by atoms with Crippen LogP contribution < -0.4 is 5.32 Å². The van der Waals surface area contributed by atoms with Crippen molar-refractivity contribution in [2.24, 2.45) is 17.8 Å². The highest BCUT2D eigenvalue weighted by Crippen LogP contribution is 2.34. The number of nitrogens with zero attached hydrogens (tertiary/aromatic N) is 1. The molecule has 3 aliphatic rings. The second kappa shape index (κ2) is 7.63. The average Bonchev–Trinajstić information content (AvgIpc) is 2.50. The Labute approximate surface area is 136 Å². The zero-order valence-electron chi connectivity index (χ0n) is 14.6. The van der Waals surface area contributed by atoms with Gasteiger partial charge in [0, 0.05) is 25.2 Å². The number of likely N-dealkylation sites (tertiary alicyclic amines) is 1. The van der Waals surface area contributed by atoms with Crippen molar-refractivity contribution in [2.75, 3.05) is 19.6 Å². The van der Waals surface area contributed by atoms with Crippen molar-refractivity contribution in [3.05, 3.63) is 0 Å². The molecule has 3 nitrogen and oxygen atoms in total. The van der Waals surface area contributed by atoms with E-state index in [-0.39, 0.29) is 6.10 Å². The van der Waals surface area contributed by atoms with E-state index in [1.54, 1.807) is 0 Å². The molecule has 0 aromatic heterocycles. The molecule has 3 fully saturated rings. The van der Waals surface area contributed by atoms with Crippen molar-refractivity contribution in [1.29, 1.82) is 0 Å². The maximum Gasteiger partial charge on any atom is 0.0553 e. The third-order valence-electron chi connectivity index (χ3n) is 6.48. The SMILES string of the molecule is CC1CC(N2CC(NCC3CCCCC3)CC(C(C)O)C2)C1. The average molecular weight is 309 g/mol. The summed E-state index contributed by atoms with van der Waals surface area (Å²) in [5.74, 6) is 2.26. The highest BCUT2D eigenvalue weighted by Gasteiger charge is 2.37. The molecule has 22 heavy (non-hydrogen) atoms. The van der Waals surface area contributed by atoms with Gasteiger partial charge in [0.2, 0.25) is 0 Å². The largest absolute Gasteiger partial charge is 0.393 e.